The van der Waals surface area contributed by atoms with Gasteiger partial charge >= 0.3 is 5.97 Å². The number of carbonyl (C=O) groups is 2. The molecular formula is C29H36N4O5. The average molecular weight is 521 g/mol. The number of hydrogen-bond acceptors (Lipinski definition) is 8. The van der Waals surface area contributed by atoms with E-state index >= 15 is 0 Å². The minimum atomic E-state index is -0.649. The van der Waals surface area contributed by atoms with Crippen molar-refractivity contribution in [1.29, 1.82) is 0 Å². The van der Waals surface area contributed by atoms with Crippen molar-refractivity contribution in [2.45, 2.75) is 46.1 Å². The van der Waals surface area contributed by atoms with Crippen molar-refractivity contribution < 1.29 is 24.5 Å². The van der Waals surface area contributed by atoms with Crippen LogP contribution in [0.2, 0.25) is 0 Å². The Balaban J connectivity index is 1.51. The van der Waals surface area contributed by atoms with Gasteiger partial charge in [-0.05, 0) is 62.4 Å². The standard InChI is InChI=1S/C29H36N4O5/c1-5-38-26(35)18-30-29(37)27-28(36)19(2)31-25(32-27)8-6-7-17-33(4)24-15-13-23(14-16-24)22-11-9-21(10-12-22)20(3)34/h9-16,20,34,36H,5-8,17-18H2,1-4H3,(H,30,37). The van der Waals surface area contributed by atoms with Crippen LogP contribution in [0.25, 0.3) is 11.1 Å². The lowest BCUT2D eigenvalue weighted by atomic mass is 10.0. The number of benzene rings is 2. The molecule has 202 valence electrons. The van der Waals surface area contributed by atoms with Crippen LogP contribution in [0.4, 0.5) is 5.69 Å². The van der Waals surface area contributed by atoms with E-state index in [1.807, 2.05) is 31.3 Å². The molecule has 0 aliphatic rings. The highest BCUT2D eigenvalue weighted by atomic mass is 16.5. The second-order valence-electron chi connectivity index (χ2n) is 9.13. The van der Waals surface area contributed by atoms with Gasteiger partial charge in [0.05, 0.1) is 18.4 Å². The highest BCUT2D eigenvalue weighted by Crippen LogP contribution is 2.25. The Kier molecular flexibility index (Phi) is 10.2. The molecule has 1 unspecified atom stereocenters. The molecule has 1 aromatic heterocycles. The third-order valence-electron chi connectivity index (χ3n) is 6.20. The molecule has 2 aromatic carbocycles. The number of nitrogens with one attached hydrogen (secondary N) is 1. The fraction of sp³-hybridized carbons (Fsp3) is 0.379. The van der Waals surface area contributed by atoms with Gasteiger partial charge in [0.1, 0.15) is 12.4 Å². The quantitative estimate of drug-likeness (QED) is 0.242. The largest absolute Gasteiger partial charge is 0.504 e. The lowest BCUT2D eigenvalue weighted by Crippen LogP contribution is -2.31. The van der Waals surface area contributed by atoms with Crippen LogP contribution in [0.3, 0.4) is 0 Å². The maximum absolute atomic E-state index is 12.4. The molecule has 38 heavy (non-hydrogen) atoms. The summed E-state index contributed by atoms with van der Waals surface area (Å²) >= 11 is 0. The number of rotatable bonds is 12. The minimum absolute atomic E-state index is 0.144. The third-order valence-corrected chi connectivity index (χ3v) is 6.20. The molecule has 3 rings (SSSR count). The Bertz CT molecular complexity index is 1230. The second kappa shape index (κ2) is 13.5. The number of aromatic nitrogens is 2. The maximum Gasteiger partial charge on any atom is 0.325 e. The smallest absolute Gasteiger partial charge is 0.325 e. The minimum Gasteiger partial charge on any atom is -0.504 e. The maximum atomic E-state index is 12.4. The van der Waals surface area contributed by atoms with Crippen LogP contribution in [0, 0.1) is 6.92 Å². The van der Waals surface area contributed by atoms with E-state index < -0.39 is 18.0 Å². The summed E-state index contributed by atoms with van der Waals surface area (Å²) in [5, 5.41) is 22.4. The summed E-state index contributed by atoms with van der Waals surface area (Å²) < 4.78 is 4.80. The first-order valence-corrected chi connectivity index (χ1v) is 12.8. The molecule has 0 aliphatic carbocycles. The van der Waals surface area contributed by atoms with Gasteiger partial charge in [0.2, 0.25) is 0 Å². The van der Waals surface area contributed by atoms with Crippen molar-refractivity contribution in [2.75, 3.05) is 31.6 Å². The Labute approximate surface area is 223 Å². The molecule has 0 saturated heterocycles. The SMILES string of the molecule is CCOC(=O)CNC(=O)c1nc(CCCCN(C)c2ccc(-c3ccc(C(C)O)cc3)cc2)nc(C)c1O. The van der Waals surface area contributed by atoms with Gasteiger partial charge in [0.15, 0.2) is 11.4 Å². The highest BCUT2D eigenvalue weighted by Gasteiger charge is 2.18. The Morgan fingerprint density at radius 2 is 1.66 bits per heavy atom. The fourth-order valence-electron chi connectivity index (χ4n) is 3.97. The predicted octanol–water partition coefficient (Wildman–Crippen LogP) is 3.96. The molecule has 1 atom stereocenters. The summed E-state index contributed by atoms with van der Waals surface area (Å²) in [7, 11) is 2.04. The lowest BCUT2D eigenvalue weighted by molar-refractivity contribution is -0.141. The molecule has 0 aliphatic heterocycles. The van der Waals surface area contributed by atoms with Crippen molar-refractivity contribution in [2.24, 2.45) is 0 Å². The highest BCUT2D eigenvalue weighted by molar-refractivity contribution is 5.96. The Hall–Kier alpha value is -3.98. The number of ether oxygens (including phenoxy) is 1. The summed E-state index contributed by atoms with van der Waals surface area (Å²) in [5.74, 6) is -1.03. The van der Waals surface area contributed by atoms with Gasteiger partial charge in [0.25, 0.3) is 5.91 Å². The van der Waals surface area contributed by atoms with Crippen molar-refractivity contribution in [3.8, 4) is 16.9 Å². The van der Waals surface area contributed by atoms with Gasteiger partial charge < -0.3 is 25.2 Å². The summed E-state index contributed by atoms with van der Waals surface area (Å²) in [6.45, 7) is 5.80. The molecule has 1 heterocycles. The summed E-state index contributed by atoms with van der Waals surface area (Å²) in [4.78, 5) is 34.6. The number of amides is 1. The van der Waals surface area contributed by atoms with E-state index in [2.05, 4.69) is 44.5 Å². The average Bonchev–Trinajstić information content (AvgIpc) is 2.91. The molecule has 3 N–H and O–H groups in total. The molecule has 0 bridgehead atoms. The van der Waals surface area contributed by atoms with E-state index in [1.54, 1.807) is 20.8 Å². The summed E-state index contributed by atoms with van der Waals surface area (Å²) in [5.41, 5.74) is 4.38. The first-order valence-electron chi connectivity index (χ1n) is 12.8. The Morgan fingerprint density at radius 3 is 2.26 bits per heavy atom. The van der Waals surface area contributed by atoms with Gasteiger partial charge in [-0.2, -0.15) is 0 Å². The number of aliphatic hydroxyl groups is 1. The number of carbonyl (C=O) groups excluding carboxylic acids is 2. The zero-order valence-electron chi connectivity index (χ0n) is 22.4. The first kappa shape index (κ1) is 28.6. The van der Waals surface area contributed by atoms with Gasteiger partial charge in [-0.25, -0.2) is 9.97 Å². The number of aliphatic hydroxyl groups excluding tert-OH is 1. The van der Waals surface area contributed by atoms with Crippen LogP contribution < -0.4 is 10.2 Å². The number of nitrogens with zero attached hydrogens (tertiary/aromatic N) is 3. The number of anilines is 1. The van der Waals surface area contributed by atoms with Gasteiger partial charge in [-0.15, -0.1) is 0 Å². The van der Waals surface area contributed by atoms with Crippen LogP contribution in [-0.2, 0) is 16.0 Å². The Morgan fingerprint density at radius 1 is 1.03 bits per heavy atom. The van der Waals surface area contributed by atoms with Crippen molar-refractivity contribution >= 4 is 17.6 Å². The number of hydrogen-bond donors (Lipinski definition) is 3. The molecule has 3 aromatic rings. The van der Waals surface area contributed by atoms with E-state index in [9.17, 15) is 19.8 Å². The molecule has 0 fully saturated rings. The molecule has 0 spiro atoms. The zero-order chi connectivity index (χ0) is 27.7. The molecular weight excluding hydrogens is 484 g/mol. The van der Waals surface area contributed by atoms with Crippen molar-refractivity contribution in [1.82, 2.24) is 15.3 Å². The molecule has 9 heteroatoms. The third kappa shape index (κ3) is 7.76. The van der Waals surface area contributed by atoms with Crippen molar-refractivity contribution in [3.05, 3.63) is 71.3 Å². The first-order chi connectivity index (χ1) is 18.2. The van der Waals surface area contributed by atoms with Crippen LogP contribution in [0.15, 0.2) is 48.5 Å². The van der Waals surface area contributed by atoms with E-state index in [0.29, 0.717) is 17.9 Å². The van der Waals surface area contributed by atoms with Crippen LogP contribution in [0.5, 0.6) is 5.75 Å². The molecule has 0 saturated carbocycles. The topological polar surface area (TPSA) is 125 Å². The van der Waals surface area contributed by atoms with Crippen LogP contribution >= 0.6 is 0 Å². The van der Waals surface area contributed by atoms with E-state index in [0.717, 1.165) is 41.8 Å². The normalized spacial score (nSPS) is 11.6. The lowest BCUT2D eigenvalue weighted by Gasteiger charge is -2.19. The fourth-order valence-corrected chi connectivity index (χ4v) is 3.97. The van der Waals surface area contributed by atoms with E-state index in [-0.39, 0.29) is 24.6 Å². The van der Waals surface area contributed by atoms with Crippen molar-refractivity contribution in [3.63, 3.8) is 0 Å². The van der Waals surface area contributed by atoms with Crippen LogP contribution in [-0.4, -0.2) is 58.8 Å². The van der Waals surface area contributed by atoms with E-state index in [4.69, 9.17) is 4.74 Å². The summed E-state index contributed by atoms with van der Waals surface area (Å²) in [6.07, 6.45) is 1.75. The molecule has 1 amide bonds. The van der Waals surface area contributed by atoms with E-state index in [1.165, 1.54) is 0 Å². The van der Waals surface area contributed by atoms with Gasteiger partial charge in [-0.3, -0.25) is 9.59 Å². The molecule has 9 nitrogen and oxygen atoms in total. The second-order valence-corrected chi connectivity index (χ2v) is 9.13. The van der Waals surface area contributed by atoms with Gasteiger partial charge in [-0.1, -0.05) is 36.4 Å². The zero-order valence-corrected chi connectivity index (χ0v) is 22.4. The monoisotopic (exact) mass is 520 g/mol. The molecule has 0 radical (unpaired) electrons. The number of aromatic hydroxyl groups is 1. The number of esters is 1. The van der Waals surface area contributed by atoms with Gasteiger partial charge in [0, 0.05) is 25.7 Å². The summed E-state index contributed by atoms with van der Waals surface area (Å²) in [6, 6.07) is 16.3. The predicted molar refractivity (Wildman–Crippen MR) is 146 cm³/mol. The van der Waals surface area contributed by atoms with Crippen LogP contribution in [0.1, 0.15) is 60.4 Å². The number of unbranched alkanes of at least 4 members (excludes halogenated alkanes) is 1. The number of aryl methyl sites for hydroxylation is 2.